The minimum Gasteiger partial charge on any atom is -0.311 e. The molecular weight excluding hydrogens is 288 g/mol. The molecule has 1 aliphatic rings. The third kappa shape index (κ3) is 2.87. The number of nitrogens with zero attached hydrogens (tertiary/aromatic N) is 3. The standard InChI is InChI=1S/C14H18N4S2/c1-15-14(13-10-19-7-8-20-13)12-9-16-17-18(12)11-5-3-2-4-6-11/h2-6,9,13-15H,7-8,10H2,1H3. The molecule has 0 saturated carbocycles. The van der Waals surface area contributed by atoms with Crippen LogP contribution in [0, 0.1) is 0 Å². The lowest BCUT2D eigenvalue weighted by atomic mass is 10.1. The molecule has 20 heavy (non-hydrogen) atoms. The molecule has 0 aliphatic carbocycles. The summed E-state index contributed by atoms with van der Waals surface area (Å²) in [6.45, 7) is 0. The summed E-state index contributed by atoms with van der Waals surface area (Å²) in [7, 11) is 2.02. The predicted molar refractivity (Wildman–Crippen MR) is 86.7 cm³/mol. The normalized spacial score (nSPS) is 20.8. The van der Waals surface area contributed by atoms with E-state index in [0.29, 0.717) is 5.25 Å². The van der Waals surface area contributed by atoms with Gasteiger partial charge in [-0.05, 0) is 19.2 Å². The Morgan fingerprint density at radius 1 is 1.30 bits per heavy atom. The molecule has 3 rings (SSSR count). The van der Waals surface area contributed by atoms with Gasteiger partial charge in [0.15, 0.2) is 0 Å². The van der Waals surface area contributed by atoms with Crippen LogP contribution < -0.4 is 5.32 Å². The number of benzene rings is 1. The van der Waals surface area contributed by atoms with E-state index >= 15 is 0 Å². The van der Waals surface area contributed by atoms with Gasteiger partial charge in [0.2, 0.25) is 0 Å². The Balaban J connectivity index is 1.91. The maximum atomic E-state index is 4.26. The van der Waals surface area contributed by atoms with Gasteiger partial charge in [-0.3, -0.25) is 0 Å². The van der Waals surface area contributed by atoms with Crippen molar-refractivity contribution >= 4 is 23.5 Å². The molecule has 1 aromatic carbocycles. The monoisotopic (exact) mass is 306 g/mol. The van der Waals surface area contributed by atoms with E-state index in [-0.39, 0.29) is 6.04 Å². The van der Waals surface area contributed by atoms with E-state index in [1.807, 2.05) is 59.6 Å². The van der Waals surface area contributed by atoms with Crippen LogP contribution in [0.3, 0.4) is 0 Å². The molecule has 1 fully saturated rings. The molecule has 106 valence electrons. The van der Waals surface area contributed by atoms with Gasteiger partial charge in [-0.2, -0.15) is 23.5 Å². The van der Waals surface area contributed by atoms with E-state index in [2.05, 4.69) is 27.8 Å². The van der Waals surface area contributed by atoms with Crippen molar-refractivity contribution in [2.75, 3.05) is 24.3 Å². The van der Waals surface area contributed by atoms with Gasteiger partial charge in [-0.25, -0.2) is 4.68 Å². The molecule has 1 aromatic heterocycles. The van der Waals surface area contributed by atoms with E-state index in [1.54, 1.807) is 0 Å². The lowest BCUT2D eigenvalue weighted by Gasteiger charge is -2.29. The Morgan fingerprint density at radius 3 is 2.85 bits per heavy atom. The summed E-state index contributed by atoms with van der Waals surface area (Å²) in [4.78, 5) is 0. The van der Waals surface area contributed by atoms with Gasteiger partial charge in [0.1, 0.15) is 0 Å². The van der Waals surface area contributed by atoms with Crippen molar-refractivity contribution in [2.45, 2.75) is 11.3 Å². The number of aromatic nitrogens is 3. The third-order valence-electron chi connectivity index (χ3n) is 3.42. The molecule has 1 N–H and O–H groups in total. The first-order valence-electron chi connectivity index (χ1n) is 6.73. The van der Waals surface area contributed by atoms with Crippen molar-refractivity contribution in [1.29, 1.82) is 0 Å². The summed E-state index contributed by atoms with van der Waals surface area (Å²) < 4.78 is 1.95. The second kappa shape index (κ2) is 6.65. The summed E-state index contributed by atoms with van der Waals surface area (Å²) in [6.07, 6.45) is 1.88. The molecule has 0 radical (unpaired) electrons. The smallest absolute Gasteiger partial charge is 0.0826 e. The minimum atomic E-state index is 0.281. The number of rotatable bonds is 4. The van der Waals surface area contributed by atoms with E-state index in [0.717, 1.165) is 11.4 Å². The maximum absolute atomic E-state index is 4.26. The highest BCUT2D eigenvalue weighted by Gasteiger charge is 2.28. The van der Waals surface area contributed by atoms with E-state index in [4.69, 9.17) is 0 Å². The highest BCUT2D eigenvalue weighted by Crippen LogP contribution is 2.33. The van der Waals surface area contributed by atoms with Gasteiger partial charge in [-0.15, -0.1) is 5.10 Å². The topological polar surface area (TPSA) is 42.7 Å². The van der Waals surface area contributed by atoms with Gasteiger partial charge in [0.05, 0.1) is 23.6 Å². The number of para-hydroxylation sites is 1. The molecule has 6 heteroatoms. The van der Waals surface area contributed by atoms with Crippen molar-refractivity contribution in [2.24, 2.45) is 0 Å². The van der Waals surface area contributed by atoms with Crippen molar-refractivity contribution in [3.63, 3.8) is 0 Å². The predicted octanol–water partition coefficient (Wildman–Crippen LogP) is 2.38. The molecule has 4 nitrogen and oxygen atoms in total. The number of nitrogens with one attached hydrogen (secondary N) is 1. The Hall–Kier alpha value is -0.980. The fourth-order valence-electron chi connectivity index (χ4n) is 2.45. The van der Waals surface area contributed by atoms with Gasteiger partial charge >= 0.3 is 0 Å². The van der Waals surface area contributed by atoms with E-state index in [1.165, 1.54) is 17.3 Å². The Labute approximate surface area is 127 Å². The second-order valence-electron chi connectivity index (χ2n) is 4.66. The average Bonchev–Trinajstić information content (AvgIpc) is 2.99. The molecular formula is C14H18N4S2. The van der Waals surface area contributed by atoms with Crippen LogP contribution in [0.1, 0.15) is 11.7 Å². The van der Waals surface area contributed by atoms with Crippen molar-refractivity contribution in [3.8, 4) is 5.69 Å². The summed E-state index contributed by atoms with van der Waals surface area (Å²) in [5.41, 5.74) is 2.20. The zero-order valence-corrected chi connectivity index (χ0v) is 13.0. The van der Waals surface area contributed by atoms with Crippen LogP contribution in [0.4, 0.5) is 0 Å². The quantitative estimate of drug-likeness (QED) is 0.939. The van der Waals surface area contributed by atoms with Crippen LogP contribution in [0.2, 0.25) is 0 Å². The summed E-state index contributed by atoms with van der Waals surface area (Å²) in [6, 6.07) is 10.5. The number of thioether (sulfide) groups is 2. The molecule has 2 aromatic rings. The van der Waals surface area contributed by atoms with Crippen molar-refractivity contribution in [3.05, 3.63) is 42.2 Å². The third-order valence-corrected chi connectivity index (χ3v) is 6.28. The SMILES string of the molecule is CNC(c1cnnn1-c1ccccc1)C1CSCCS1. The first kappa shape index (κ1) is 14.0. The van der Waals surface area contributed by atoms with Crippen LogP contribution in [0.15, 0.2) is 36.5 Å². The lowest BCUT2D eigenvalue weighted by Crippen LogP contribution is -2.33. The Morgan fingerprint density at radius 2 is 2.15 bits per heavy atom. The highest BCUT2D eigenvalue weighted by molar-refractivity contribution is 8.06. The molecule has 2 heterocycles. The Kier molecular flexibility index (Phi) is 4.65. The fourth-order valence-corrected chi connectivity index (χ4v) is 5.34. The first-order valence-corrected chi connectivity index (χ1v) is 8.93. The van der Waals surface area contributed by atoms with Gasteiger partial charge < -0.3 is 5.32 Å². The minimum absolute atomic E-state index is 0.281. The van der Waals surface area contributed by atoms with E-state index in [9.17, 15) is 0 Å². The second-order valence-corrected chi connectivity index (χ2v) is 7.15. The summed E-state index contributed by atoms with van der Waals surface area (Å²) in [5.74, 6) is 3.66. The van der Waals surface area contributed by atoms with Crippen LogP contribution in [0.5, 0.6) is 0 Å². The van der Waals surface area contributed by atoms with E-state index < -0.39 is 0 Å². The molecule has 0 spiro atoms. The zero-order chi connectivity index (χ0) is 13.8. The molecule has 2 atom stereocenters. The molecule has 1 aliphatic heterocycles. The van der Waals surface area contributed by atoms with Gasteiger partial charge in [0.25, 0.3) is 0 Å². The van der Waals surface area contributed by atoms with Gasteiger partial charge in [-0.1, -0.05) is 23.4 Å². The van der Waals surface area contributed by atoms with Crippen LogP contribution in [-0.2, 0) is 0 Å². The van der Waals surface area contributed by atoms with Crippen molar-refractivity contribution < 1.29 is 0 Å². The Bertz CT molecular complexity index is 537. The molecule has 2 unspecified atom stereocenters. The maximum Gasteiger partial charge on any atom is 0.0826 e. The number of hydrogen-bond acceptors (Lipinski definition) is 5. The fraction of sp³-hybridized carbons (Fsp3) is 0.429. The number of hydrogen-bond donors (Lipinski definition) is 1. The first-order chi connectivity index (χ1) is 9.90. The highest BCUT2D eigenvalue weighted by atomic mass is 32.2. The average molecular weight is 306 g/mol. The lowest BCUT2D eigenvalue weighted by molar-refractivity contribution is 0.555. The van der Waals surface area contributed by atoms with Crippen LogP contribution >= 0.6 is 23.5 Å². The summed E-state index contributed by atoms with van der Waals surface area (Å²) in [5, 5.41) is 12.4. The molecule has 0 amide bonds. The van der Waals surface area contributed by atoms with Crippen LogP contribution in [0.25, 0.3) is 5.69 Å². The largest absolute Gasteiger partial charge is 0.311 e. The molecule has 1 saturated heterocycles. The van der Waals surface area contributed by atoms with Gasteiger partial charge in [0, 0.05) is 22.5 Å². The zero-order valence-electron chi connectivity index (χ0n) is 11.4. The molecule has 0 bridgehead atoms. The summed E-state index contributed by atoms with van der Waals surface area (Å²) >= 11 is 4.08. The van der Waals surface area contributed by atoms with Crippen LogP contribution in [-0.4, -0.2) is 44.6 Å². The van der Waals surface area contributed by atoms with Crippen molar-refractivity contribution in [1.82, 2.24) is 20.3 Å².